The summed E-state index contributed by atoms with van der Waals surface area (Å²) in [6, 6.07) is 8.60. The lowest BCUT2D eigenvalue weighted by molar-refractivity contribution is 0.351. The summed E-state index contributed by atoms with van der Waals surface area (Å²) in [5, 5.41) is 3.55. The molecular weight excluding hydrogens is 210 g/mol. The van der Waals surface area contributed by atoms with Crippen LogP contribution in [0.1, 0.15) is 38.3 Å². The Bertz CT molecular complexity index is 335. The van der Waals surface area contributed by atoms with Crippen molar-refractivity contribution in [3.05, 3.63) is 42.5 Å². The van der Waals surface area contributed by atoms with Gasteiger partial charge in [0.05, 0.1) is 0 Å². The fourth-order valence-electron chi connectivity index (χ4n) is 1.84. The Morgan fingerprint density at radius 1 is 1.35 bits per heavy atom. The average molecular weight is 233 g/mol. The highest BCUT2D eigenvalue weighted by Gasteiger charge is 2.12. The van der Waals surface area contributed by atoms with Gasteiger partial charge in [-0.05, 0) is 25.5 Å². The first-order chi connectivity index (χ1) is 8.33. The van der Waals surface area contributed by atoms with Crippen molar-refractivity contribution in [1.82, 2.24) is 5.32 Å². The third-order valence-corrected chi connectivity index (χ3v) is 2.70. The van der Waals surface area contributed by atoms with Crippen molar-refractivity contribution in [1.29, 1.82) is 0 Å². The Balaban J connectivity index is 2.80. The summed E-state index contributed by atoms with van der Waals surface area (Å²) in [4.78, 5) is 0. The Kier molecular flexibility index (Phi) is 6.41. The number of hydrogen-bond acceptors (Lipinski definition) is 2. The van der Waals surface area contributed by atoms with E-state index in [1.807, 2.05) is 12.1 Å². The molecular formula is C15H23NO. The van der Waals surface area contributed by atoms with Gasteiger partial charge in [0.15, 0.2) is 0 Å². The second-order valence-electron chi connectivity index (χ2n) is 4.05. The third kappa shape index (κ3) is 4.23. The van der Waals surface area contributed by atoms with Crippen LogP contribution in [0.4, 0.5) is 0 Å². The SMILES string of the molecule is C=CCOc1ccccc1C(CC)NCCC. The van der Waals surface area contributed by atoms with E-state index in [4.69, 9.17) is 4.74 Å². The van der Waals surface area contributed by atoms with Crippen LogP contribution in [0.25, 0.3) is 0 Å². The monoisotopic (exact) mass is 233 g/mol. The predicted octanol–water partition coefficient (Wildman–Crippen LogP) is 3.70. The molecule has 1 aromatic rings. The Hall–Kier alpha value is -1.28. The molecule has 0 bridgehead atoms. The van der Waals surface area contributed by atoms with Crippen LogP contribution < -0.4 is 10.1 Å². The van der Waals surface area contributed by atoms with Crippen molar-refractivity contribution in [3.8, 4) is 5.75 Å². The van der Waals surface area contributed by atoms with Gasteiger partial charge in [0.2, 0.25) is 0 Å². The van der Waals surface area contributed by atoms with Gasteiger partial charge in [0.25, 0.3) is 0 Å². The molecule has 0 saturated heterocycles. The number of hydrogen-bond donors (Lipinski definition) is 1. The number of nitrogens with one attached hydrogen (secondary N) is 1. The summed E-state index contributed by atoms with van der Waals surface area (Å²) in [5.74, 6) is 0.961. The third-order valence-electron chi connectivity index (χ3n) is 2.70. The zero-order chi connectivity index (χ0) is 12.5. The first kappa shape index (κ1) is 13.8. The van der Waals surface area contributed by atoms with Crippen LogP contribution >= 0.6 is 0 Å². The van der Waals surface area contributed by atoms with Crippen LogP contribution in [-0.2, 0) is 0 Å². The molecule has 2 nitrogen and oxygen atoms in total. The number of para-hydroxylation sites is 1. The molecule has 17 heavy (non-hydrogen) atoms. The fourth-order valence-corrected chi connectivity index (χ4v) is 1.84. The Morgan fingerprint density at radius 3 is 2.76 bits per heavy atom. The maximum absolute atomic E-state index is 5.69. The highest BCUT2D eigenvalue weighted by Crippen LogP contribution is 2.27. The van der Waals surface area contributed by atoms with E-state index in [-0.39, 0.29) is 0 Å². The highest BCUT2D eigenvalue weighted by atomic mass is 16.5. The molecule has 0 saturated carbocycles. The highest BCUT2D eigenvalue weighted by molar-refractivity contribution is 5.36. The maximum atomic E-state index is 5.69. The first-order valence-corrected chi connectivity index (χ1v) is 6.39. The second-order valence-corrected chi connectivity index (χ2v) is 4.05. The summed E-state index contributed by atoms with van der Waals surface area (Å²) in [7, 11) is 0. The van der Waals surface area contributed by atoms with Gasteiger partial charge in [0, 0.05) is 11.6 Å². The molecule has 0 aromatic heterocycles. The van der Waals surface area contributed by atoms with Gasteiger partial charge >= 0.3 is 0 Å². The molecule has 0 aliphatic rings. The smallest absolute Gasteiger partial charge is 0.124 e. The van der Waals surface area contributed by atoms with Crippen molar-refractivity contribution < 1.29 is 4.74 Å². The van der Waals surface area contributed by atoms with Gasteiger partial charge < -0.3 is 10.1 Å². The standard InChI is InChI=1S/C15H23NO/c1-4-11-16-14(6-3)13-9-7-8-10-15(13)17-12-5-2/h5,7-10,14,16H,2,4,6,11-12H2,1,3H3. The minimum atomic E-state index is 0.371. The molecule has 2 heteroatoms. The van der Waals surface area contributed by atoms with Crippen molar-refractivity contribution in [2.45, 2.75) is 32.7 Å². The number of rotatable bonds is 8. The van der Waals surface area contributed by atoms with E-state index in [1.165, 1.54) is 5.56 Å². The summed E-state index contributed by atoms with van der Waals surface area (Å²) >= 11 is 0. The van der Waals surface area contributed by atoms with Crippen molar-refractivity contribution >= 4 is 0 Å². The van der Waals surface area contributed by atoms with E-state index >= 15 is 0 Å². The molecule has 0 aliphatic heterocycles. The zero-order valence-corrected chi connectivity index (χ0v) is 10.9. The average Bonchev–Trinajstić information content (AvgIpc) is 2.38. The zero-order valence-electron chi connectivity index (χ0n) is 10.9. The van der Waals surface area contributed by atoms with E-state index in [0.717, 1.165) is 25.1 Å². The van der Waals surface area contributed by atoms with E-state index in [0.29, 0.717) is 12.6 Å². The van der Waals surface area contributed by atoms with Crippen LogP contribution in [0.15, 0.2) is 36.9 Å². The van der Waals surface area contributed by atoms with E-state index < -0.39 is 0 Å². The molecule has 1 unspecified atom stereocenters. The number of ether oxygens (including phenoxy) is 1. The first-order valence-electron chi connectivity index (χ1n) is 6.39. The summed E-state index contributed by atoms with van der Waals surface area (Å²) < 4.78 is 5.69. The second kappa shape index (κ2) is 7.91. The van der Waals surface area contributed by atoms with Crippen LogP contribution in [0.2, 0.25) is 0 Å². The van der Waals surface area contributed by atoms with Crippen molar-refractivity contribution in [2.24, 2.45) is 0 Å². The quantitative estimate of drug-likeness (QED) is 0.691. The largest absolute Gasteiger partial charge is 0.489 e. The fraction of sp³-hybridized carbons (Fsp3) is 0.467. The molecule has 1 N–H and O–H groups in total. The normalized spacial score (nSPS) is 12.1. The van der Waals surface area contributed by atoms with E-state index in [2.05, 4.69) is 37.9 Å². The molecule has 0 spiro atoms. The van der Waals surface area contributed by atoms with Gasteiger partial charge in [0.1, 0.15) is 12.4 Å². The van der Waals surface area contributed by atoms with Gasteiger partial charge in [-0.1, -0.05) is 44.7 Å². The molecule has 1 rings (SSSR count). The molecule has 0 heterocycles. The summed E-state index contributed by atoms with van der Waals surface area (Å²) in [6.45, 7) is 9.64. The van der Waals surface area contributed by atoms with Gasteiger partial charge in [-0.15, -0.1) is 0 Å². The van der Waals surface area contributed by atoms with Crippen molar-refractivity contribution in [3.63, 3.8) is 0 Å². The van der Waals surface area contributed by atoms with Crippen LogP contribution in [-0.4, -0.2) is 13.2 Å². The summed E-state index contributed by atoms with van der Waals surface area (Å²) in [5.41, 5.74) is 1.24. The van der Waals surface area contributed by atoms with Gasteiger partial charge in [-0.3, -0.25) is 0 Å². The number of benzene rings is 1. The lowest BCUT2D eigenvalue weighted by atomic mass is 10.0. The lowest BCUT2D eigenvalue weighted by Gasteiger charge is -2.20. The Labute approximate surface area is 105 Å². The van der Waals surface area contributed by atoms with Crippen LogP contribution in [0.3, 0.4) is 0 Å². The molecule has 94 valence electrons. The Morgan fingerprint density at radius 2 is 2.12 bits per heavy atom. The van der Waals surface area contributed by atoms with Gasteiger partial charge in [-0.2, -0.15) is 0 Å². The predicted molar refractivity (Wildman–Crippen MR) is 73.5 cm³/mol. The minimum Gasteiger partial charge on any atom is -0.489 e. The topological polar surface area (TPSA) is 21.3 Å². The van der Waals surface area contributed by atoms with Crippen molar-refractivity contribution in [2.75, 3.05) is 13.2 Å². The molecule has 0 amide bonds. The van der Waals surface area contributed by atoms with E-state index in [1.54, 1.807) is 6.08 Å². The summed E-state index contributed by atoms with van der Waals surface area (Å²) in [6.07, 6.45) is 3.98. The van der Waals surface area contributed by atoms with Crippen LogP contribution in [0.5, 0.6) is 5.75 Å². The molecule has 0 fully saturated rings. The van der Waals surface area contributed by atoms with Crippen LogP contribution in [0, 0.1) is 0 Å². The minimum absolute atomic E-state index is 0.371. The molecule has 0 aliphatic carbocycles. The molecule has 1 aromatic carbocycles. The lowest BCUT2D eigenvalue weighted by Crippen LogP contribution is -2.22. The van der Waals surface area contributed by atoms with E-state index in [9.17, 15) is 0 Å². The van der Waals surface area contributed by atoms with Gasteiger partial charge in [-0.25, -0.2) is 0 Å². The molecule has 0 radical (unpaired) electrons. The molecule has 1 atom stereocenters. The maximum Gasteiger partial charge on any atom is 0.124 e.